The van der Waals surface area contributed by atoms with Crippen LogP contribution in [0.15, 0.2) is 0 Å². The van der Waals surface area contributed by atoms with Crippen LogP contribution in [-0.2, 0) is 71.9 Å². The van der Waals surface area contributed by atoms with Gasteiger partial charge in [0.1, 0.15) is 72.5 Å². The highest BCUT2D eigenvalue weighted by atomic mass is 32.2. The summed E-state index contributed by atoms with van der Waals surface area (Å²) >= 11 is 9.58. The van der Waals surface area contributed by atoms with E-state index < -0.39 is 198 Å². The molecule has 0 unspecified atom stereocenters. The number of aliphatic carboxylic acids is 1. The van der Waals surface area contributed by atoms with E-state index in [4.69, 9.17) is 40.1 Å². The number of carbonyl (C=O) groups is 15. The SMILES string of the molecule is CC[C@H](C)[C@H](NC(=O)[C@H](CCCCN)NC(=O)[C@@H](NC(=O)[C@H](CCCCN)NC(=O)[C@H](CCCCN)NC(=O)[C@H](CCCCN)NC(=O)[C@H](CS)NC(=O)[C@@H](N)CCSC)C(C)C)C(=O)N[C@@H](CC(N)=O)C(=O)N[C@@H](C)C(=O)N[C@@H](CC(N)=O)C(=O)N[C@@H](CO)C(=O)N[C@@H](CS)C(=O)O. The zero-order valence-electron chi connectivity index (χ0n) is 57.5. The largest absolute Gasteiger partial charge is 0.480 e. The van der Waals surface area contributed by atoms with Crippen LogP contribution < -0.4 is 104 Å². The van der Waals surface area contributed by atoms with Crippen molar-refractivity contribution in [1.82, 2.24) is 63.8 Å². The molecule has 0 saturated heterocycles. The number of hydrogen-bond donors (Lipinski definition) is 23. The van der Waals surface area contributed by atoms with Crippen LogP contribution in [0.4, 0.5) is 0 Å². The molecule has 0 aromatic rings. The summed E-state index contributed by atoms with van der Waals surface area (Å²) in [4.78, 5) is 202. The average Bonchev–Trinajstić information content (AvgIpc) is 0.861. The van der Waals surface area contributed by atoms with Crippen LogP contribution >= 0.6 is 37.0 Å². The molecule has 0 saturated carbocycles. The summed E-state index contributed by atoms with van der Waals surface area (Å²) in [5.41, 5.74) is 40.0. The number of carbonyl (C=O) groups excluding carboxylic acids is 14. The van der Waals surface area contributed by atoms with Gasteiger partial charge < -0.3 is 114 Å². The number of thiol groups is 2. The van der Waals surface area contributed by atoms with Gasteiger partial charge in [0.2, 0.25) is 82.7 Å². The first-order valence-electron chi connectivity index (χ1n) is 33.1. The van der Waals surface area contributed by atoms with Crippen molar-refractivity contribution >= 4 is 126 Å². The average molecular weight is 1470 g/mol. The van der Waals surface area contributed by atoms with Crippen molar-refractivity contribution in [2.24, 2.45) is 52.0 Å². The fourth-order valence-corrected chi connectivity index (χ4v) is 10.4. The van der Waals surface area contributed by atoms with Gasteiger partial charge >= 0.3 is 5.97 Å². The van der Waals surface area contributed by atoms with Crippen LogP contribution in [0.2, 0.25) is 0 Å². The molecule has 36 nitrogen and oxygen atoms in total. The Hall–Kier alpha value is -7.14. The third-order valence-corrected chi connectivity index (χ3v) is 17.0. The number of unbranched alkanes of at least 4 members (excludes halogenated alkanes) is 4. The molecule has 28 N–H and O–H groups in total. The Balaban J connectivity index is 6.91. The quantitative estimate of drug-likeness (QED) is 0.0199. The van der Waals surface area contributed by atoms with Crippen molar-refractivity contribution < 1.29 is 82.1 Å². The molecule has 0 aliphatic heterocycles. The van der Waals surface area contributed by atoms with E-state index in [1.807, 2.05) is 6.26 Å². The van der Waals surface area contributed by atoms with Crippen molar-refractivity contribution in [2.45, 2.75) is 216 Å². The van der Waals surface area contributed by atoms with Gasteiger partial charge in [-0.25, -0.2) is 4.79 Å². The van der Waals surface area contributed by atoms with Crippen LogP contribution in [0.5, 0.6) is 0 Å². The van der Waals surface area contributed by atoms with E-state index in [0.29, 0.717) is 57.1 Å². The number of aliphatic hydroxyl groups is 1. The van der Waals surface area contributed by atoms with Crippen LogP contribution in [0, 0.1) is 11.8 Å². The van der Waals surface area contributed by atoms with Crippen molar-refractivity contribution in [3.63, 3.8) is 0 Å². The normalized spacial score (nSPS) is 15.4. The van der Waals surface area contributed by atoms with E-state index in [2.05, 4.69) is 89.1 Å². The minimum Gasteiger partial charge on any atom is -0.480 e. The maximum Gasteiger partial charge on any atom is 0.327 e. The summed E-state index contributed by atoms with van der Waals surface area (Å²) in [6.45, 7) is 7.44. The van der Waals surface area contributed by atoms with Crippen LogP contribution in [-0.4, -0.2) is 234 Å². The van der Waals surface area contributed by atoms with Gasteiger partial charge in [-0.15, -0.1) is 0 Å². The highest BCUT2D eigenvalue weighted by Gasteiger charge is 2.38. The lowest BCUT2D eigenvalue weighted by Crippen LogP contribution is -2.62. The molecule has 0 aliphatic carbocycles. The summed E-state index contributed by atoms with van der Waals surface area (Å²) < 4.78 is 0. The molecule has 0 aromatic carbocycles. The predicted octanol–water partition coefficient (Wildman–Crippen LogP) is -7.19. The number of amides is 14. The summed E-state index contributed by atoms with van der Waals surface area (Å²) in [5, 5.41) is 48.8. The van der Waals surface area contributed by atoms with Gasteiger partial charge in [0.25, 0.3) is 0 Å². The maximum atomic E-state index is 14.5. The highest BCUT2D eigenvalue weighted by Crippen LogP contribution is 2.15. The lowest BCUT2D eigenvalue weighted by molar-refractivity contribution is -0.142. The molecule has 0 spiro atoms. The number of hydrogen-bond acceptors (Lipinski definition) is 24. The Bertz CT molecular complexity index is 2640. The fraction of sp³-hybridized carbons (Fsp3) is 0.750. The van der Waals surface area contributed by atoms with E-state index >= 15 is 0 Å². The zero-order valence-corrected chi connectivity index (χ0v) is 60.1. The number of carboxylic acids is 1. The van der Waals surface area contributed by atoms with Gasteiger partial charge in [0, 0.05) is 11.5 Å². The van der Waals surface area contributed by atoms with Gasteiger partial charge in [-0.2, -0.15) is 37.0 Å². The Labute approximate surface area is 593 Å². The first-order chi connectivity index (χ1) is 46.7. The highest BCUT2D eigenvalue weighted by molar-refractivity contribution is 7.98. The second kappa shape index (κ2) is 51.1. The number of nitrogens with two attached hydrogens (primary N) is 7. The second-order valence-electron chi connectivity index (χ2n) is 24.1. The van der Waals surface area contributed by atoms with E-state index in [1.165, 1.54) is 11.8 Å². The minimum absolute atomic E-state index is 0.00780. The Kier molecular flexibility index (Phi) is 47.4. The van der Waals surface area contributed by atoms with Gasteiger partial charge in [-0.1, -0.05) is 34.1 Å². The molecule has 0 aromatic heterocycles. The molecule has 14 atom stereocenters. The molecule has 0 fully saturated rings. The van der Waals surface area contributed by atoms with Gasteiger partial charge in [-0.3, -0.25) is 67.1 Å². The van der Waals surface area contributed by atoms with E-state index in [-0.39, 0.29) is 76.2 Å². The van der Waals surface area contributed by atoms with Crippen molar-refractivity contribution in [3.8, 4) is 0 Å². The summed E-state index contributed by atoms with van der Waals surface area (Å²) in [5.74, 6) is -16.2. The number of thioether (sulfide) groups is 1. The summed E-state index contributed by atoms with van der Waals surface area (Å²) in [6, 6.07) is -18.8. The third-order valence-electron chi connectivity index (χ3n) is 15.6. The lowest BCUT2D eigenvalue weighted by Gasteiger charge is -2.30. The Morgan fingerprint density at radius 1 is 0.394 bits per heavy atom. The van der Waals surface area contributed by atoms with Crippen LogP contribution in [0.1, 0.15) is 137 Å². The molecular weight excluding hydrogens is 1350 g/mol. The lowest BCUT2D eigenvalue weighted by atomic mass is 9.96. The molecular formula is C60H111N19O17S3. The van der Waals surface area contributed by atoms with E-state index in [9.17, 15) is 82.1 Å². The third kappa shape index (κ3) is 36.2. The summed E-state index contributed by atoms with van der Waals surface area (Å²) in [6.07, 6.45) is 3.78. The first kappa shape index (κ1) is 91.9. The second-order valence-corrected chi connectivity index (χ2v) is 25.9. The van der Waals surface area contributed by atoms with Crippen LogP contribution in [0.25, 0.3) is 0 Å². The van der Waals surface area contributed by atoms with Crippen molar-refractivity contribution in [2.75, 3.05) is 56.3 Å². The first-order valence-corrected chi connectivity index (χ1v) is 35.7. The van der Waals surface area contributed by atoms with Crippen molar-refractivity contribution in [1.29, 1.82) is 0 Å². The molecule has 0 rings (SSSR count). The monoisotopic (exact) mass is 1470 g/mol. The van der Waals surface area contributed by atoms with E-state index in [1.54, 1.807) is 27.7 Å². The molecule has 0 aliphatic rings. The predicted molar refractivity (Wildman–Crippen MR) is 376 cm³/mol. The number of aliphatic hydroxyl groups excluding tert-OH is 1. The maximum absolute atomic E-state index is 14.5. The number of nitrogens with one attached hydrogen (secondary N) is 12. The number of primary amides is 2. The van der Waals surface area contributed by atoms with Gasteiger partial charge in [0.15, 0.2) is 0 Å². The van der Waals surface area contributed by atoms with Gasteiger partial charge in [0.05, 0.1) is 25.5 Å². The molecule has 566 valence electrons. The molecule has 99 heavy (non-hydrogen) atoms. The molecule has 0 bridgehead atoms. The fourth-order valence-electron chi connectivity index (χ4n) is 9.40. The summed E-state index contributed by atoms with van der Waals surface area (Å²) in [7, 11) is 0. The minimum atomic E-state index is -1.84. The Morgan fingerprint density at radius 3 is 1.07 bits per heavy atom. The number of carboxylic acid groups (broad SMARTS) is 1. The topological polar surface area (TPSA) is 623 Å². The van der Waals surface area contributed by atoms with Crippen LogP contribution in [0.3, 0.4) is 0 Å². The molecule has 14 amide bonds. The smallest absolute Gasteiger partial charge is 0.327 e. The van der Waals surface area contributed by atoms with Crippen molar-refractivity contribution in [3.05, 3.63) is 0 Å². The zero-order chi connectivity index (χ0) is 75.5. The molecule has 0 radical (unpaired) electrons. The number of rotatable bonds is 54. The standard InChI is InChI=1S/C60H111N19O17S3/c1-7-32(4)47(59(94)74-39(26-44(66)81)54(89)68-33(5)48(83)73-40(27-45(67)82)55(90)75-41(28-80)56(91)77-43(30-98)60(95)96)79-53(88)38(19-11-15-24-64)72-58(93)46(31(2)3)78-52(87)37(18-10-14-23-63)70-50(85)35(16-8-12-21-61)69-51(86)36(17-9-13-22-62)71-57(92)42(29-97)76-49(84)34(65)20-25-99-6/h31-43,46-47,80,97-98H,7-30,61-65H2,1-6H3,(H2,66,81)(H2,67,82)(H,68,89)(H,69,86)(H,70,85)(H,71,92)(H,72,93)(H,73,83)(H,74,94)(H,75,90)(H,76,84)(H,77,91)(H,78,87)(H,79,88)(H,95,96)/t32-,33-,34-,35-,36-,37-,38-,39-,40-,41-,42-,43-,46-,47-/m0/s1. The van der Waals surface area contributed by atoms with Gasteiger partial charge in [-0.05, 0) is 140 Å². The molecule has 0 heterocycles. The molecule has 39 heteroatoms. The Morgan fingerprint density at radius 2 is 0.707 bits per heavy atom. The van der Waals surface area contributed by atoms with E-state index in [0.717, 1.165) is 6.92 Å².